The fraction of sp³-hybridized carbons (Fsp3) is 0.381. The first-order valence-corrected chi connectivity index (χ1v) is 11.1. The van der Waals surface area contributed by atoms with E-state index in [0.29, 0.717) is 40.5 Å². The number of nitrogens with one attached hydrogen (secondary N) is 1. The Morgan fingerprint density at radius 2 is 1.94 bits per heavy atom. The second-order valence-corrected chi connectivity index (χ2v) is 8.77. The van der Waals surface area contributed by atoms with Gasteiger partial charge in [0.05, 0.1) is 17.6 Å². The van der Waals surface area contributed by atoms with E-state index in [-0.39, 0.29) is 18.4 Å². The number of hydrogen-bond acceptors (Lipinski definition) is 7. The molecule has 1 aliphatic heterocycles. The van der Waals surface area contributed by atoms with Crippen molar-refractivity contribution in [2.24, 2.45) is 19.8 Å². The summed E-state index contributed by atoms with van der Waals surface area (Å²) < 4.78 is 4.47. The first kappa shape index (κ1) is 24.0. The third-order valence-corrected chi connectivity index (χ3v) is 6.61. The van der Waals surface area contributed by atoms with Crippen molar-refractivity contribution in [1.29, 1.82) is 0 Å². The van der Waals surface area contributed by atoms with Gasteiger partial charge in [0.2, 0.25) is 5.82 Å². The number of benzene rings is 1. The molecule has 0 saturated carbocycles. The average molecular weight is 506 g/mol. The molecule has 13 heteroatoms. The van der Waals surface area contributed by atoms with Crippen LogP contribution < -0.4 is 21.9 Å². The van der Waals surface area contributed by atoms with Gasteiger partial charge in [-0.15, -0.1) is 22.6 Å². The molecule has 180 valence electrons. The molecule has 3 aromatic heterocycles. The minimum absolute atomic E-state index is 0. The van der Waals surface area contributed by atoms with E-state index in [4.69, 9.17) is 17.3 Å². The number of nitrogens with zero attached hydrogens (tertiary/aromatic N) is 7. The molecule has 0 aliphatic carbocycles. The van der Waals surface area contributed by atoms with Gasteiger partial charge in [0.15, 0.2) is 0 Å². The van der Waals surface area contributed by atoms with Crippen LogP contribution in [-0.4, -0.2) is 53.5 Å². The van der Waals surface area contributed by atoms with Crippen LogP contribution in [0, 0.1) is 0 Å². The van der Waals surface area contributed by atoms with Gasteiger partial charge in [-0.1, -0.05) is 29.8 Å². The van der Waals surface area contributed by atoms with Crippen molar-refractivity contribution in [3.63, 3.8) is 0 Å². The molecule has 4 heterocycles. The number of aryl methyl sites for hydroxylation is 1. The summed E-state index contributed by atoms with van der Waals surface area (Å²) in [6, 6.07) is 7.47. The molecule has 0 spiro atoms. The highest BCUT2D eigenvalue weighted by molar-refractivity contribution is 6.31. The summed E-state index contributed by atoms with van der Waals surface area (Å²) >= 11 is 6.50. The van der Waals surface area contributed by atoms with E-state index in [1.165, 1.54) is 11.6 Å². The summed E-state index contributed by atoms with van der Waals surface area (Å²) in [7, 11) is 3.11. The highest BCUT2D eigenvalue weighted by Crippen LogP contribution is 2.39. The van der Waals surface area contributed by atoms with Gasteiger partial charge >= 0.3 is 5.69 Å². The van der Waals surface area contributed by atoms with Gasteiger partial charge in [-0.2, -0.15) is 5.21 Å². The van der Waals surface area contributed by atoms with Gasteiger partial charge in [0.25, 0.3) is 5.56 Å². The summed E-state index contributed by atoms with van der Waals surface area (Å²) in [5.74, 6) is 1.02. The van der Waals surface area contributed by atoms with E-state index in [1.54, 1.807) is 7.05 Å². The Bertz CT molecular complexity index is 1460. The van der Waals surface area contributed by atoms with Crippen molar-refractivity contribution in [1.82, 2.24) is 34.3 Å². The summed E-state index contributed by atoms with van der Waals surface area (Å²) in [6.07, 6.45) is 1.82. The number of nitrogens with two attached hydrogens (primary N) is 1. The zero-order valence-electron chi connectivity index (χ0n) is 18.7. The van der Waals surface area contributed by atoms with Gasteiger partial charge in [0, 0.05) is 38.2 Å². The molecule has 11 nitrogen and oxygen atoms in total. The van der Waals surface area contributed by atoms with Crippen LogP contribution >= 0.6 is 24.0 Å². The van der Waals surface area contributed by atoms with Gasteiger partial charge in [-0.05, 0) is 29.7 Å². The van der Waals surface area contributed by atoms with Crippen molar-refractivity contribution in [2.45, 2.75) is 25.4 Å². The molecule has 1 aromatic carbocycles. The highest BCUT2D eigenvalue weighted by atomic mass is 35.5. The quantitative estimate of drug-likeness (QED) is 0.426. The predicted octanol–water partition coefficient (Wildman–Crippen LogP) is 1.27. The van der Waals surface area contributed by atoms with Crippen LogP contribution in [0.15, 0.2) is 33.9 Å². The van der Waals surface area contributed by atoms with Crippen LogP contribution in [0.5, 0.6) is 0 Å². The Kier molecular flexibility index (Phi) is 6.52. The molecular weight excluding hydrogens is 481 g/mol. The number of aromatic amines is 1. The van der Waals surface area contributed by atoms with Crippen molar-refractivity contribution in [2.75, 3.05) is 18.0 Å². The fourth-order valence-corrected chi connectivity index (χ4v) is 4.85. The number of piperidine rings is 1. The number of tetrazole rings is 1. The molecule has 0 unspecified atom stereocenters. The van der Waals surface area contributed by atoms with Gasteiger partial charge in [-0.25, -0.2) is 4.79 Å². The van der Waals surface area contributed by atoms with Crippen LogP contribution in [0.2, 0.25) is 5.02 Å². The predicted molar refractivity (Wildman–Crippen MR) is 133 cm³/mol. The zero-order valence-corrected chi connectivity index (χ0v) is 20.3. The lowest BCUT2D eigenvalue weighted by atomic mass is 10.1. The van der Waals surface area contributed by atoms with Gasteiger partial charge < -0.3 is 15.2 Å². The Morgan fingerprint density at radius 3 is 2.62 bits per heavy atom. The number of hydrogen-bond donors (Lipinski definition) is 2. The van der Waals surface area contributed by atoms with Gasteiger partial charge in [0.1, 0.15) is 11.3 Å². The first-order valence-electron chi connectivity index (χ1n) is 10.7. The maximum Gasteiger partial charge on any atom is 0.331 e. The molecule has 1 atom stereocenters. The van der Waals surface area contributed by atoms with Crippen LogP contribution in [-0.2, 0) is 20.6 Å². The topological polar surface area (TPSA) is 133 Å². The van der Waals surface area contributed by atoms with E-state index in [0.717, 1.165) is 35.3 Å². The number of rotatable bonds is 4. The lowest BCUT2D eigenvalue weighted by Gasteiger charge is -2.34. The maximum absolute atomic E-state index is 13.5. The average Bonchev–Trinajstić information content (AvgIpc) is 3.44. The summed E-state index contributed by atoms with van der Waals surface area (Å²) in [5, 5.41) is 15.2. The summed E-state index contributed by atoms with van der Waals surface area (Å²) in [6.45, 7) is 1.66. The molecule has 1 saturated heterocycles. The summed E-state index contributed by atoms with van der Waals surface area (Å²) in [5.41, 5.74) is 7.70. The van der Waals surface area contributed by atoms with Crippen molar-refractivity contribution < 1.29 is 0 Å². The minimum Gasteiger partial charge on any atom is -0.356 e. The molecular formula is C21H25Cl2N9O2. The number of aromatic nitrogens is 7. The van der Waals surface area contributed by atoms with E-state index in [9.17, 15) is 9.59 Å². The van der Waals surface area contributed by atoms with Crippen LogP contribution in [0.3, 0.4) is 0 Å². The molecule has 0 radical (unpaired) electrons. The first-order chi connectivity index (χ1) is 15.9. The Morgan fingerprint density at radius 1 is 1.18 bits per heavy atom. The minimum atomic E-state index is -0.436. The number of fused-ring (bicyclic) bond motifs is 1. The van der Waals surface area contributed by atoms with E-state index >= 15 is 0 Å². The maximum atomic E-state index is 13.5. The van der Waals surface area contributed by atoms with Crippen molar-refractivity contribution >= 4 is 40.9 Å². The fourth-order valence-electron chi connectivity index (χ4n) is 4.66. The molecule has 0 bridgehead atoms. The van der Waals surface area contributed by atoms with E-state index in [2.05, 4.69) is 25.5 Å². The Hall–Kier alpha value is -3.15. The van der Waals surface area contributed by atoms with Crippen LogP contribution in [0.4, 0.5) is 5.82 Å². The number of anilines is 1. The molecule has 34 heavy (non-hydrogen) atoms. The lowest BCUT2D eigenvalue weighted by molar-refractivity contribution is 0.499. The standard InChI is InChI=1S/C21H24ClN9O2.ClH/c1-28-16-15(18-24-26-27-25-18)19(30-9-5-7-13(23)11-30)31(10-12-6-3-4-8-14(12)22)17(16)20(32)29(2)21(28)33;/h3-4,6,8,13H,5,7,9-11,23H2,1-2H3,(H,24,25,26,27);1H/t13-;/m1./s1. The second-order valence-electron chi connectivity index (χ2n) is 8.36. The molecule has 0 amide bonds. The summed E-state index contributed by atoms with van der Waals surface area (Å²) in [4.78, 5) is 28.5. The van der Waals surface area contributed by atoms with Gasteiger partial charge in [-0.3, -0.25) is 13.9 Å². The third-order valence-electron chi connectivity index (χ3n) is 6.24. The number of halogens is 2. The smallest absolute Gasteiger partial charge is 0.331 e. The number of H-pyrrole nitrogens is 1. The second kappa shape index (κ2) is 9.24. The van der Waals surface area contributed by atoms with E-state index in [1.807, 2.05) is 28.8 Å². The molecule has 1 aliphatic rings. The molecule has 3 N–H and O–H groups in total. The molecule has 1 fully saturated rings. The Labute approximate surface area is 205 Å². The lowest BCUT2D eigenvalue weighted by Crippen LogP contribution is -2.44. The molecule has 4 aromatic rings. The normalized spacial score (nSPS) is 16.1. The monoisotopic (exact) mass is 505 g/mol. The highest BCUT2D eigenvalue weighted by Gasteiger charge is 2.32. The Balaban J connectivity index is 0.00000274. The SMILES string of the molecule is Cl.Cn1c(=O)c2c(c(-c3nn[nH]n3)c(N3CCC[C@@H](N)C3)n2Cc2ccccc2Cl)n(C)c1=O. The largest absolute Gasteiger partial charge is 0.356 e. The van der Waals surface area contributed by atoms with Crippen molar-refractivity contribution in [3.8, 4) is 11.4 Å². The third kappa shape index (κ3) is 3.79. The van der Waals surface area contributed by atoms with Crippen LogP contribution in [0.1, 0.15) is 18.4 Å². The van der Waals surface area contributed by atoms with E-state index < -0.39 is 11.2 Å². The molecule has 5 rings (SSSR count). The van der Waals surface area contributed by atoms with Crippen molar-refractivity contribution in [3.05, 3.63) is 55.7 Å². The zero-order chi connectivity index (χ0) is 23.3. The van der Waals surface area contributed by atoms with Crippen LogP contribution in [0.25, 0.3) is 22.4 Å².